The van der Waals surface area contributed by atoms with Gasteiger partial charge in [0.2, 0.25) is 10.0 Å². The summed E-state index contributed by atoms with van der Waals surface area (Å²) in [5.74, 6) is -1.38. The van der Waals surface area contributed by atoms with Crippen LogP contribution in [0, 0.1) is 0 Å². The van der Waals surface area contributed by atoms with E-state index in [-0.39, 0.29) is 12.3 Å². The number of nitrogens with zero attached hydrogens (tertiary/aromatic N) is 2. The van der Waals surface area contributed by atoms with Gasteiger partial charge in [-0.3, -0.25) is 13.9 Å². The maximum absolute atomic E-state index is 12.5. The van der Waals surface area contributed by atoms with E-state index in [2.05, 4.69) is 0 Å². The van der Waals surface area contributed by atoms with Crippen molar-refractivity contribution in [1.29, 1.82) is 0 Å². The quantitative estimate of drug-likeness (QED) is 0.838. The molecule has 0 bridgehead atoms. The molecule has 1 N–H and O–H groups in total. The Labute approximate surface area is 135 Å². The Bertz CT molecular complexity index is 702. The van der Waals surface area contributed by atoms with E-state index < -0.39 is 21.9 Å². The number of benzene rings is 1. The van der Waals surface area contributed by atoms with Crippen LogP contribution in [0.4, 0.5) is 5.69 Å². The highest BCUT2D eigenvalue weighted by Crippen LogP contribution is 2.25. The van der Waals surface area contributed by atoms with Gasteiger partial charge in [-0.05, 0) is 31.0 Å². The molecule has 0 aliphatic carbocycles. The molecule has 0 radical (unpaired) electrons. The molecule has 1 saturated heterocycles. The second kappa shape index (κ2) is 6.99. The van der Waals surface area contributed by atoms with Crippen molar-refractivity contribution in [3.05, 3.63) is 29.8 Å². The van der Waals surface area contributed by atoms with E-state index >= 15 is 0 Å². The van der Waals surface area contributed by atoms with Gasteiger partial charge in [-0.15, -0.1) is 0 Å². The monoisotopic (exact) mass is 340 g/mol. The van der Waals surface area contributed by atoms with Crippen LogP contribution in [0.5, 0.6) is 0 Å². The van der Waals surface area contributed by atoms with Crippen molar-refractivity contribution in [2.45, 2.75) is 19.8 Å². The third kappa shape index (κ3) is 4.01. The molecule has 7 nitrogen and oxygen atoms in total. The van der Waals surface area contributed by atoms with Crippen molar-refractivity contribution in [2.24, 2.45) is 0 Å². The number of hydrogen-bond acceptors (Lipinski definition) is 4. The molecule has 0 aromatic heterocycles. The molecule has 0 atom stereocenters. The minimum absolute atomic E-state index is 0.103. The molecule has 0 unspecified atom stereocenters. The number of carboxylic acid groups (broad SMARTS) is 1. The Kier molecular flexibility index (Phi) is 5.25. The smallest absolute Gasteiger partial charge is 0.323 e. The van der Waals surface area contributed by atoms with Gasteiger partial charge < -0.3 is 10.0 Å². The van der Waals surface area contributed by atoms with Crippen molar-refractivity contribution in [2.75, 3.05) is 29.7 Å². The van der Waals surface area contributed by atoms with Crippen LogP contribution >= 0.6 is 0 Å². The molecular formula is C15H20N2O5S. The minimum atomic E-state index is -3.32. The Morgan fingerprint density at radius 3 is 2.65 bits per heavy atom. The Hall–Kier alpha value is -2.09. The molecule has 126 valence electrons. The molecule has 0 spiro atoms. The zero-order valence-corrected chi connectivity index (χ0v) is 13.8. The molecule has 1 heterocycles. The van der Waals surface area contributed by atoms with Gasteiger partial charge in [0.15, 0.2) is 0 Å². The number of rotatable bonds is 6. The Morgan fingerprint density at radius 2 is 2.09 bits per heavy atom. The third-order valence-corrected chi connectivity index (χ3v) is 5.46. The second-order valence-electron chi connectivity index (χ2n) is 5.41. The van der Waals surface area contributed by atoms with Crippen LogP contribution in [0.25, 0.3) is 0 Å². The van der Waals surface area contributed by atoms with Crippen molar-refractivity contribution in [3.63, 3.8) is 0 Å². The first-order valence-corrected chi connectivity index (χ1v) is 9.07. The Morgan fingerprint density at radius 1 is 1.35 bits per heavy atom. The number of aliphatic carboxylic acids is 1. The standard InChI is InChI=1S/C15H20N2O5S/c1-2-7-16(11-14(18)19)15(20)12-5-3-6-13(10-12)17-8-4-9-23(17,21)22/h3,5-6,10H,2,4,7-9,11H2,1H3,(H,18,19). The van der Waals surface area contributed by atoms with Crippen LogP contribution in [-0.2, 0) is 14.8 Å². The molecule has 1 aliphatic heterocycles. The van der Waals surface area contributed by atoms with Crippen LogP contribution in [0.2, 0.25) is 0 Å². The van der Waals surface area contributed by atoms with E-state index in [1.807, 2.05) is 6.92 Å². The highest BCUT2D eigenvalue weighted by Gasteiger charge is 2.29. The van der Waals surface area contributed by atoms with Crippen molar-refractivity contribution < 1.29 is 23.1 Å². The summed E-state index contributed by atoms with van der Waals surface area (Å²) in [6.07, 6.45) is 1.20. The lowest BCUT2D eigenvalue weighted by Crippen LogP contribution is -2.36. The van der Waals surface area contributed by atoms with Crippen molar-refractivity contribution in [1.82, 2.24) is 4.90 Å². The summed E-state index contributed by atoms with van der Waals surface area (Å²) in [5.41, 5.74) is 0.736. The lowest BCUT2D eigenvalue weighted by molar-refractivity contribution is -0.137. The predicted molar refractivity (Wildman–Crippen MR) is 86.0 cm³/mol. The average molecular weight is 340 g/mol. The van der Waals surface area contributed by atoms with E-state index in [1.165, 1.54) is 15.3 Å². The summed E-state index contributed by atoms with van der Waals surface area (Å²) in [7, 11) is -3.32. The van der Waals surface area contributed by atoms with Gasteiger partial charge >= 0.3 is 5.97 Å². The van der Waals surface area contributed by atoms with Gasteiger partial charge in [0.1, 0.15) is 6.54 Å². The van der Waals surface area contributed by atoms with Gasteiger partial charge in [0.05, 0.1) is 11.4 Å². The summed E-state index contributed by atoms with van der Waals surface area (Å²) in [6, 6.07) is 6.33. The summed E-state index contributed by atoms with van der Waals surface area (Å²) in [6.45, 7) is 2.21. The Balaban J connectivity index is 2.27. The lowest BCUT2D eigenvalue weighted by atomic mass is 10.1. The highest BCUT2D eigenvalue weighted by molar-refractivity contribution is 7.93. The second-order valence-corrected chi connectivity index (χ2v) is 7.43. The first-order chi connectivity index (χ1) is 10.8. The average Bonchev–Trinajstić information content (AvgIpc) is 2.85. The predicted octanol–water partition coefficient (Wildman–Crippen LogP) is 1.16. The number of sulfonamides is 1. The van der Waals surface area contributed by atoms with E-state index in [0.29, 0.717) is 37.2 Å². The normalized spacial score (nSPS) is 16.3. The fourth-order valence-corrected chi connectivity index (χ4v) is 4.15. The fourth-order valence-electron chi connectivity index (χ4n) is 2.59. The zero-order valence-electron chi connectivity index (χ0n) is 12.9. The maximum atomic E-state index is 12.5. The van der Waals surface area contributed by atoms with Crippen molar-refractivity contribution in [3.8, 4) is 0 Å². The fraction of sp³-hybridized carbons (Fsp3) is 0.467. The van der Waals surface area contributed by atoms with Crippen LogP contribution in [0.3, 0.4) is 0 Å². The number of carbonyl (C=O) groups is 2. The van der Waals surface area contributed by atoms with E-state index in [9.17, 15) is 18.0 Å². The molecule has 1 fully saturated rings. The summed E-state index contributed by atoms with van der Waals surface area (Å²) >= 11 is 0. The van der Waals surface area contributed by atoms with Crippen molar-refractivity contribution >= 4 is 27.6 Å². The molecule has 1 aliphatic rings. The van der Waals surface area contributed by atoms with Gasteiger partial charge in [0.25, 0.3) is 5.91 Å². The molecular weight excluding hydrogens is 320 g/mol. The number of carboxylic acids is 1. The minimum Gasteiger partial charge on any atom is -0.480 e. The molecule has 23 heavy (non-hydrogen) atoms. The number of amides is 1. The molecule has 2 rings (SSSR count). The summed E-state index contributed by atoms with van der Waals surface area (Å²) < 4.78 is 25.3. The molecule has 1 aromatic rings. The largest absolute Gasteiger partial charge is 0.480 e. The topological polar surface area (TPSA) is 95.0 Å². The molecule has 8 heteroatoms. The summed E-state index contributed by atoms with van der Waals surface area (Å²) in [5, 5.41) is 8.92. The summed E-state index contributed by atoms with van der Waals surface area (Å²) in [4.78, 5) is 24.6. The van der Waals surface area contributed by atoms with E-state index in [1.54, 1.807) is 18.2 Å². The van der Waals surface area contributed by atoms with E-state index in [4.69, 9.17) is 5.11 Å². The third-order valence-electron chi connectivity index (χ3n) is 3.59. The number of carbonyl (C=O) groups excluding carboxylic acids is 1. The first kappa shape index (κ1) is 17.3. The van der Waals surface area contributed by atoms with E-state index in [0.717, 1.165) is 0 Å². The first-order valence-electron chi connectivity index (χ1n) is 7.46. The molecule has 1 amide bonds. The van der Waals surface area contributed by atoms with Crippen LogP contribution in [0.15, 0.2) is 24.3 Å². The van der Waals surface area contributed by atoms with Crippen LogP contribution in [0.1, 0.15) is 30.1 Å². The molecule has 1 aromatic carbocycles. The number of anilines is 1. The zero-order chi connectivity index (χ0) is 17.0. The highest BCUT2D eigenvalue weighted by atomic mass is 32.2. The van der Waals surface area contributed by atoms with Gasteiger partial charge in [-0.1, -0.05) is 13.0 Å². The number of hydrogen-bond donors (Lipinski definition) is 1. The van der Waals surface area contributed by atoms with Crippen LogP contribution in [-0.4, -0.2) is 55.7 Å². The van der Waals surface area contributed by atoms with Gasteiger partial charge in [-0.25, -0.2) is 8.42 Å². The molecule has 0 saturated carbocycles. The maximum Gasteiger partial charge on any atom is 0.323 e. The van der Waals surface area contributed by atoms with Gasteiger partial charge in [-0.2, -0.15) is 0 Å². The SMILES string of the molecule is CCCN(CC(=O)O)C(=O)c1cccc(N2CCCS2(=O)=O)c1. The lowest BCUT2D eigenvalue weighted by Gasteiger charge is -2.21. The van der Waals surface area contributed by atoms with Gasteiger partial charge in [0, 0.05) is 18.7 Å². The van der Waals surface area contributed by atoms with Crippen LogP contribution < -0.4 is 4.31 Å².